The van der Waals surface area contributed by atoms with E-state index in [0.717, 1.165) is 18.5 Å². The van der Waals surface area contributed by atoms with Crippen molar-refractivity contribution in [1.29, 1.82) is 0 Å². The third-order valence-electron chi connectivity index (χ3n) is 3.71. The third-order valence-corrected chi connectivity index (χ3v) is 3.71. The lowest BCUT2D eigenvalue weighted by Crippen LogP contribution is -2.28. The number of rotatable bonds is 8. The van der Waals surface area contributed by atoms with Crippen LogP contribution < -0.4 is 0 Å². The van der Waals surface area contributed by atoms with Gasteiger partial charge in [0.1, 0.15) is 0 Å². The zero-order valence-electron chi connectivity index (χ0n) is 12.9. The van der Waals surface area contributed by atoms with Crippen LogP contribution in [-0.4, -0.2) is 30.1 Å². The van der Waals surface area contributed by atoms with E-state index < -0.39 is 0 Å². The number of hydrogen-bond donors (Lipinski definition) is 1. The van der Waals surface area contributed by atoms with Crippen LogP contribution in [-0.2, 0) is 6.42 Å². The maximum Gasteiger partial charge on any atom is 0.0916 e. The van der Waals surface area contributed by atoms with Gasteiger partial charge in [-0.3, -0.25) is 0 Å². The minimum atomic E-state index is -0.385. The molecule has 0 aliphatic rings. The number of aliphatic hydroxyl groups excluding tert-OH is 1. The first-order chi connectivity index (χ1) is 9.06. The standard InChI is InChI=1S/C17H29NO/c1-5-7-15-8-10-16(11-9-15)17(19)13-18(4)12-14(3)6-2/h8-11,14,17,19H,5-7,12-13H2,1-4H3. The molecule has 0 amide bonds. The summed E-state index contributed by atoms with van der Waals surface area (Å²) in [6, 6.07) is 8.40. The van der Waals surface area contributed by atoms with Crippen LogP contribution in [0.15, 0.2) is 24.3 Å². The van der Waals surface area contributed by atoms with Crippen molar-refractivity contribution in [3.8, 4) is 0 Å². The van der Waals surface area contributed by atoms with Gasteiger partial charge in [0, 0.05) is 13.1 Å². The minimum absolute atomic E-state index is 0.385. The Morgan fingerprint density at radius 1 is 1.11 bits per heavy atom. The van der Waals surface area contributed by atoms with Gasteiger partial charge in [0.25, 0.3) is 0 Å². The monoisotopic (exact) mass is 263 g/mol. The summed E-state index contributed by atoms with van der Waals surface area (Å²) in [5, 5.41) is 10.3. The molecule has 2 unspecified atom stereocenters. The predicted octanol–water partition coefficient (Wildman–Crippen LogP) is 3.65. The minimum Gasteiger partial charge on any atom is -0.387 e. The molecule has 0 heterocycles. The fourth-order valence-corrected chi connectivity index (χ4v) is 2.33. The zero-order valence-corrected chi connectivity index (χ0v) is 12.9. The molecule has 19 heavy (non-hydrogen) atoms. The molecule has 1 rings (SSSR count). The molecule has 0 bridgehead atoms. The van der Waals surface area contributed by atoms with Gasteiger partial charge in [-0.1, -0.05) is 57.9 Å². The van der Waals surface area contributed by atoms with E-state index in [2.05, 4.69) is 57.0 Å². The molecule has 0 saturated heterocycles. The first kappa shape index (κ1) is 16.2. The summed E-state index contributed by atoms with van der Waals surface area (Å²) in [5.41, 5.74) is 2.38. The Balaban J connectivity index is 2.50. The Hall–Kier alpha value is -0.860. The molecule has 0 aliphatic heterocycles. The Morgan fingerprint density at radius 2 is 1.74 bits per heavy atom. The number of aryl methyl sites for hydroxylation is 1. The molecule has 0 radical (unpaired) electrons. The van der Waals surface area contributed by atoms with Crippen LogP contribution in [0.2, 0.25) is 0 Å². The molecule has 0 fully saturated rings. The van der Waals surface area contributed by atoms with Crippen LogP contribution in [0.5, 0.6) is 0 Å². The van der Waals surface area contributed by atoms with Gasteiger partial charge in [0.2, 0.25) is 0 Å². The highest BCUT2D eigenvalue weighted by Crippen LogP contribution is 2.16. The van der Waals surface area contributed by atoms with Crippen molar-refractivity contribution in [2.75, 3.05) is 20.1 Å². The maximum atomic E-state index is 10.3. The van der Waals surface area contributed by atoms with E-state index in [1.807, 2.05) is 0 Å². The van der Waals surface area contributed by atoms with Crippen molar-refractivity contribution in [3.05, 3.63) is 35.4 Å². The van der Waals surface area contributed by atoms with Gasteiger partial charge in [0.05, 0.1) is 6.10 Å². The number of benzene rings is 1. The van der Waals surface area contributed by atoms with Gasteiger partial charge in [-0.2, -0.15) is 0 Å². The second-order valence-electron chi connectivity index (χ2n) is 5.74. The van der Waals surface area contributed by atoms with Gasteiger partial charge in [-0.15, -0.1) is 0 Å². The van der Waals surface area contributed by atoms with E-state index in [-0.39, 0.29) is 6.10 Å². The molecule has 1 N–H and O–H groups in total. The van der Waals surface area contributed by atoms with Crippen molar-refractivity contribution in [2.45, 2.75) is 46.1 Å². The fourth-order valence-electron chi connectivity index (χ4n) is 2.33. The molecular formula is C17H29NO. The summed E-state index contributed by atoms with van der Waals surface area (Å²) < 4.78 is 0. The summed E-state index contributed by atoms with van der Waals surface area (Å²) in [6.45, 7) is 8.40. The molecule has 0 spiro atoms. The topological polar surface area (TPSA) is 23.5 Å². The Bertz CT molecular complexity index is 347. The zero-order chi connectivity index (χ0) is 14.3. The van der Waals surface area contributed by atoms with Gasteiger partial charge < -0.3 is 10.0 Å². The Kier molecular flexibility index (Phi) is 7.11. The quantitative estimate of drug-likeness (QED) is 0.774. The number of aliphatic hydroxyl groups is 1. The molecule has 2 heteroatoms. The van der Waals surface area contributed by atoms with E-state index in [0.29, 0.717) is 12.5 Å². The van der Waals surface area contributed by atoms with Crippen LogP contribution in [0.1, 0.15) is 50.8 Å². The molecule has 0 aromatic heterocycles. The van der Waals surface area contributed by atoms with Gasteiger partial charge in [-0.05, 0) is 30.5 Å². The van der Waals surface area contributed by atoms with E-state index >= 15 is 0 Å². The summed E-state index contributed by atoms with van der Waals surface area (Å²) in [7, 11) is 2.08. The Morgan fingerprint density at radius 3 is 2.26 bits per heavy atom. The molecule has 1 aromatic rings. The second kappa shape index (κ2) is 8.34. The smallest absolute Gasteiger partial charge is 0.0916 e. The van der Waals surface area contributed by atoms with Crippen molar-refractivity contribution in [1.82, 2.24) is 4.90 Å². The molecule has 2 nitrogen and oxygen atoms in total. The molecule has 0 saturated carbocycles. The molecule has 2 atom stereocenters. The van der Waals surface area contributed by atoms with Crippen LogP contribution in [0, 0.1) is 5.92 Å². The summed E-state index contributed by atoms with van der Waals surface area (Å²) in [6.07, 6.45) is 3.08. The average molecular weight is 263 g/mol. The van der Waals surface area contributed by atoms with Gasteiger partial charge in [-0.25, -0.2) is 0 Å². The number of nitrogens with zero attached hydrogens (tertiary/aromatic N) is 1. The summed E-state index contributed by atoms with van der Waals surface area (Å²) in [4.78, 5) is 2.22. The molecule has 0 aliphatic carbocycles. The SMILES string of the molecule is CCCc1ccc(C(O)CN(C)CC(C)CC)cc1. The number of hydrogen-bond acceptors (Lipinski definition) is 2. The van der Waals surface area contributed by atoms with Gasteiger partial charge >= 0.3 is 0 Å². The highest BCUT2D eigenvalue weighted by molar-refractivity contribution is 5.24. The largest absolute Gasteiger partial charge is 0.387 e. The molecular weight excluding hydrogens is 234 g/mol. The highest BCUT2D eigenvalue weighted by atomic mass is 16.3. The van der Waals surface area contributed by atoms with Crippen LogP contribution in [0.4, 0.5) is 0 Å². The summed E-state index contributed by atoms with van der Waals surface area (Å²) in [5.74, 6) is 0.684. The van der Waals surface area contributed by atoms with Crippen molar-refractivity contribution < 1.29 is 5.11 Å². The second-order valence-corrected chi connectivity index (χ2v) is 5.74. The first-order valence-corrected chi connectivity index (χ1v) is 7.52. The van der Waals surface area contributed by atoms with Crippen LogP contribution in [0.3, 0.4) is 0 Å². The van der Waals surface area contributed by atoms with E-state index in [1.165, 1.54) is 18.4 Å². The van der Waals surface area contributed by atoms with Gasteiger partial charge in [0.15, 0.2) is 0 Å². The first-order valence-electron chi connectivity index (χ1n) is 7.52. The normalized spacial score (nSPS) is 14.6. The maximum absolute atomic E-state index is 10.3. The van der Waals surface area contributed by atoms with E-state index in [4.69, 9.17) is 0 Å². The van der Waals surface area contributed by atoms with Crippen molar-refractivity contribution in [3.63, 3.8) is 0 Å². The molecule has 108 valence electrons. The fraction of sp³-hybridized carbons (Fsp3) is 0.647. The lowest BCUT2D eigenvalue weighted by molar-refractivity contribution is 0.119. The lowest BCUT2D eigenvalue weighted by atomic mass is 10.0. The summed E-state index contributed by atoms with van der Waals surface area (Å²) >= 11 is 0. The van der Waals surface area contributed by atoms with Crippen LogP contribution >= 0.6 is 0 Å². The molecule has 1 aromatic carbocycles. The van der Waals surface area contributed by atoms with E-state index in [1.54, 1.807) is 0 Å². The lowest BCUT2D eigenvalue weighted by Gasteiger charge is -2.23. The number of likely N-dealkylation sites (N-methyl/N-ethyl adjacent to an activating group) is 1. The Labute approximate surface area is 118 Å². The highest BCUT2D eigenvalue weighted by Gasteiger charge is 2.12. The van der Waals surface area contributed by atoms with Crippen molar-refractivity contribution >= 4 is 0 Å². The van der Waals surface area contributed by atoms with Crippen molar-refractivity contribution in [2.24, 2.45) is 5.92 Å². The van der Waals surface area contributed by atoms with E-state index in [9.17, 15) is 5.11 Å². The third kappa shape index (κ3) is 5.75. The predicted molar refractivity (Wildman–Crippen MR) is 82.3 cm³/mol. The van der Waals surface area contributed by atoms with Crippen LogP contribution in [0.25, 0.3) is 0 Å². The average Bonchev–Trinajstić information content (AvgIpc) is 2.39.